The fourth-order valence-corrected chi connectivity index (χ4v) is 2.13. The standard InChI is InChI=1S/C10H17O2/c1-9(2)8-11-10(12-9)6-4-3-5-7-10/h1,3-8H2,2H3/t9-/m0/s1. The van der Waals surface area contributed by atoms with E-state index in [1.807, 2.05) is 6.92 Å². The first-order valence-corrected chi connectivity index (χ1v) is 4.82. The van der Waals surface area contributed by atoms with Gasteiger partial charge in [0.05, 0.1) is 12.2 Å². The summed E-state index contributed by atoms with van der Waals surface area (Å²) >= 11 is 0. The first-order chi connectivity index (χ1) is 5.62. The van der Waals surface area contributed by atoms with E-state index in [4.69, 9.17) is 9.47 Å². The highest BCUT2D eigenvalue weighted by Gasteiger charge is 2.45. The average molecular weight is 169 g/mol. The molecule has 1 heterocycles. The molecule has 1 atom stereocenters. The molecule has 0 aromatic rings. The van der Waals surface area contributed by atoms with Crippen LogP contribution in [0.15, 0.2) is 0 Å². The molecule has 12 heavy (non-hydrogen) atoms. The Morgan fingerprint density at radius 3 is 2.33 bits per heavy atom. The van der Waals surface area contributed by atoms with Crippen molar-refractivity contribution in [1.82, 2.24) is 0 Å². The number of ether oxygens (including phenoxy) is 2. The van der Waals surface area contributed by atoms with Gasteiger partial charge in [-0.2, -0.15) is 0 Å². The van der Waals surface area contributed by atoms with Crippen LogP contribution in [0.4, 0.5) is 0 Å². The zero-order chi connectivity index (χ0) is 8.66. The van der Waals surface area contributed by atoms with E-state index in [0.29, 0.717) is 6.61 Å². The van der Waals surface area contributed by atoms with Crippen LogP contribution in [0.5, 0.6) is 0 Å². The molecule has 1 spiro atoms. The van der Waals surface area contributed by atoms with Crippen LogP contribution in [0.1, 0.15) is 39.0 Å². The summed E-state index contributed by atoms with van der Waals surface area (Å²) in [5, 5.41) is 0. The Labute approximate surface area is 74.2 Å². The number of hydrogen-bond acceptors (Lipinski definition) is 2. The van der Waals surface area contributed by atoms with Gasteiger partial charge in [-0.1, -0.05) is 6.42 Å². The monoisotopic (exact) mass is 169 g/mol. The Morgan fingerprint density at radius 1 is 1.17 bits per heavy atom. The molecule has 1 aliphatic carbocycles. The second kappa shape index (κ2) is 2.71. The van der Waals surface area contributed by atoms with Gasteiger partial charge < -0.3 is 9.47 Å². The normalized spacial score (nSPS) is 32.5. The SMILES string of the molecule is [CH2][C@]1(C)COC2(CCCCC2)O1. The van der Waals surface area contributed by atoms with Crippen molar-refractivity contribution < 1.29 is 9.47 Å². The summed E-state index contributed by atoms with van der Waals surface area (Å²) in [5.74, 6) is -0.255. The molecule has 2 heteroatoms. The average Bonchev–Trinajstić information content (AvgIpc) is 2.29. The van der Waals surface area contributed by atoms with Gasteiger partial charge in [-0.05, 0) is 26.7 Å². The molecule has 0 amide bonds. The molecule has 0 unspecified atom stereocenters. The summed E-state index contributed by atoms with van der Waals surface area (Å²) in [4.78, 5) is 0. The topological polar surface area (TPSA) is 18.5 Å². The van der Waals surface area contributed by atoms with Gasteiger partial charge in [0.25, 0.3) is 0 Å². The molecule has 69 valence electrons. The molecule has 1 saturated carbocycles. The van der Waals surface area contributed by atoms with Crippen LogP contribution in [0.3, 0.4) is 0 Å². The van der Waals surface area contributed by atoms with Gasteiger partial charge in [0.15, 0.2) is 5.79 Å². The lowest BCUT2D eigenvalue weighted by atomic mass is 9.94. The van der Waals surface area contributed by atoms with Crippen LogP contribution in [0.2, 0.25) is 0 Å². The van der Waals surface area contributed by atoms with Crippen LogP contribution >= 0.6 is 0 Å². The maximum Gasteiger partial charge on any atom is 0.169 e. The fourth-order valence-electron chi connectivity index (χ4n) is 2.13. The summed E-state index contributed by atoms with van der Waals surface area (Å²) in [6.07, 6.45) is 5.89. The largest absolute Gasteiger partial charge is 0.347 e. The van der Waals surface area contributed by atoms with E-state index in [0.717, 1.165) is 12.8 Å². The van der Waals surface area contributed by atoms with Crippen LogP contribution in [0.25, 0.3) is 0 Å². The molecule has 0 aromatic carbocycles. The first kappa shape index (κ1) is 8.52. The maximum absolute atomic E-state index is 5.84. The van der Waals surface area contributed by atoms with Gasteiger partial charge in [0.2, 0.25) is 0 Å². The first-order valence-electron chi connectivity index (χ1n) is 4.82. The van der Waals surface area contributed by atoms with Gasteiger partial charge >= 0.3 is 0 Å². The molecule has 0 bridgehead atoms. The van der Waals surface area contributed by atoms with Crippen LogP contribution in [-0.4, -0.2) is 18.0 Å². The molecular weight excluding hydrogens is 152 g/mol. The predicted octanol–water partition coefficient (Wildman–Crippen LogP) is 2.29. The van der Waals surface area contributed by atoms with Crippen molar-refractivity contribution in [3.05, 3.63) is 6.92 Å². The third kappa shape index (κ3) is 1.50. The summed E-state index contributed by atoms with van der Waals surface area (Å²) in [6, 6.07) is 0. The predicted molar refractivity (Wildman–Crippen MR) is 46.6 cm³/mol. The maximum atomic E-state index is 5.84. The molecule has 1 aliphatic heterocycles. The lowest BCUT2D eigenvalue weighted by molar-refractivity contribution is -0.195. The number of hydrogen-bond donors (Lipinski definition) is 0. The molecule has 2 nitrogen and oxygen atoms in total. The molecule has 1 saturated heterocycles. The minimum atomic E-state index is -0.308. The van der Waals surface area contributed by atoms with E-state index in [-0.39, 0.29) is 11.4 Å². The van der Waals surface area contributed by atoms with E-state index >= 15 is 0 Å². The highest BCUT2D eigenvalue weighted by molar-refractivity contribution is 4.90. The highest BCUT2D eigenvalue weighted by atomic mass is 16.8. The van der Waals surface area contributed by atoms with Crippen molar-refractivity contribution >= 4 is 0 Å². The third-order valence-electron chi connectivity index (χ3n) is 2.69. The third-order valence-corrected chi connectivity index (χ3v) is 2.69. The van der Waals surface area contributed by atoms with Crippen LogP contribution in [0, 0.1) is 6.92 Å². The van der Waals surface area contributed by atoms with Crippen molar-refractivity contribution in [3.8, 4) is 0 Å². The van der Waals surface area contributed by atoms with E-state index in [1.165, 1.54) is 19.3 Å². The molecule has 2 aliphatic rings. The van der Waals surface area contributed by atoms with Crippen molar-refractivity contribution in [3.63, 3.8) is 0 Å². The van der Waals surface area contributed by atoms with Crippen LogP contribution < -0.4 is 0 Å². The Kier molecular flexibility index (Phi) is 1.92. The summed E-state index contributed by atoms with van der Waals surface area (Å²) in [5.41, 5.74) is -0.308. The highest BCUT2D eigenvalue weighted by Crippen LogP contribution is 2.40. The Balaban J connectivity index is 2.03. The summed E-state index contributed by atoms with van der Waals surface area (Å²) in [6.45, 7) is 6.61. The minimum absolute atomic E-state index is 0.255. The van der Waals surface area contributed by atoms with E-state index in [2.05, 4.69) is 6.92 Å². The molecule has 0 aromatic heterocycles. The minimum Gasteiger partial charge on any atom is -0.347 e. The van der Waals surface area contributed by atoms with Crippen LogP contribution in [-0.2, 0) is 9.47 Å². The molecule has 0 N–H and O–H groups in total. The van der Waals surface area contributed by atoms with Crippen molar-refractivity contribution in [1.29, 1.82) is 0 Å². The molecule has 1 radical (unpaired) electrons. The smallest absolute Gasteiger partial charge is 0.169 e. The molecule has 2 rings (SSSR count). The van der Waals surface area contributed by atoms with Gasteiger partial charge in [0, 0.05) is 12.8 Å². The lowest BCUT2D eigenvalue weighted by Crippen LogP contribution is -2.35. The van der Waals surface area contributed by atoms with E-state index in [1.54, 1.807) is 0 Å². The Morgan fingerprint density at radius 2 is 1.83 bits per heavy atom. The van der Waals surface area contributed by atoms with Crippen molar-refractivity contribution in [2.45, 2.75) is 50.4 Å². The lowest BCUT2D eigenvalue weighted by Gasteiger charge is -2.32. The Bertz CT molecular complexity index is 169. The second-order valence-electron chi connectivity index (χ2n) is 4.31. The Hall–Kier alpha value is -0.0800. The number of rotatable bonds is 0. The zero-order valence-corrected chi connectivity index (χ0v) is 7.77. The fraction of sp³-hybridized carbons (Fsp3) is 0.900. The van der Waals surface area contributed by atoms with Gasteiger partial charge in [0.1, 0.15) is 0 Å². The van der Waals surface area contributed by atoms with Gasteiger partial charge in [-0.15, -0.1) is 0 Å². The second-order valence-corrected chi connectivity index (χ2v) is 4.31. The molecular formula is C10H17O2. The summed E-state index contributed by atoms with van der Waals surface area (Å²) < 4.78 is 11.6. The van der Waals surface area contributed by atoms with Crippen molar-refractivity contribution in [2.75, 3.05) is 6.61 Å². The summed E-state index contributed by atoms with van der Waals surface area (Å²) in [7, 11) is 0. The quantitative estimate of drug-likeness (QED) is 0.554. The molecule has 2 fully saturated rings. The van der Waals surface area contributed by atoms with Gasteiger partial charge in [-0.25, -0.2) is 0 Å². The van der Waals surface area contributed by atoms with Gasteiger partial charge in [-0.3, -0.25) is 0 Å². The van der Waals surface area contributed by atoms with Crippen molar-refractivity contribution in [2.24, 2.45) is 0 Å². The van der Waals surface area contributed by atoms with E-state index in [9.17, 15) is 0 Å². The van der Waals surface area contributed by atoms with E-state index < -0.39 is 0 Å². The zero-order valence-electron chi connectivity index (χ0n) is 7.77.